The minimum absolute atomic E-state index is 0.0719. The largest absolute Gasteiger partial charge is 0.573 e. The van der Waals surface area contributed by atoms with Gasteiger partial charge >= 0.3 is 12.3 Å². The molecule has 0 radical (unpaired) electrons. The van der Waals surface area contributed by atoms with Gasteiger partial charge in [0.15, 0.2) is 0 Å². The second kappa shape index (κ2) is 5.74. The van der Waals surface area contributed by atoms with Crippen molar-refractivity contribution in [2.45, 2.75) is 6.36 Å². The van der Waals surface area contributed by atoms with Crippen molar-refractivity contribution >= 4 is 17.3 Å². The fourth-order valence-electron chi connectivity index (χ4n) is 1.67. The zero-order valence-electron chi connectivity index (χ0n) is 10.5. The van der Waals surface area contributed by atoms with E-state index < -0.39 is 12.3 Å². The van der Waals surface area contributed by atoms with E-state index in [1.54, 1.807) is 6.07 Å². The zero-order chi connectivity index (χ0) is 15.5. The summed E-state index contributed by atoms with van der Waals surface area (Å²) in [7, 11) is 0. The molecule has 0 heterocycles. The number of carbonyl (C=O) groups is 1. The van der Waals surface area contributed by atoms with E-state index in [9.17, 15) is 18.0 Å². The molecule has 0 aromatic heterocycles. The summed E-state index contributed by atoms with van der Waals surface area (Å²) in [5, 5.41) is 11.7. The summed E-state index contributed by atoms with van der Waals surface area (Å²) in [6.07, 6.45) is -4.76. The highest BCUT2D eigenvalue weighted by molar-refractivity contribution is 5.89. The molecule has 0 fully saturated rings. The maximum absolute atomic E-state index is 12.1. The normalized spacial score (nSPS) is 11.0. The Balaban J connectivity index is 2.18. The number of aromatic carboxylic acids is 1. The van der Waals surface area contributed by atoms with E-state index in [1.165, 1.54) is 42.5 Å². The van der Waals surface area contributed by atoms with Crippen LogP contribution in [-0.4, -0.2) is 17.4 Å². The fraction of sp³-hybridized carbons (Fsp3) is 0.0714. The molecule has 2 aromatic carbocycles. The van der Waals surface area contributed by atoms with Crippen LogP contribution in [0.5, 0.6) is 5.75 Å². The maximum atomic E-state index is 12.1. The van der Waals surface area contributed by atoms with E-state index in [0.717, 1.165) is 0 Å². The summed E-state index contributed by atoms with van der Waals surface area (Å²) in [6, 6.07) is 11.2. The van der Waals surface area contributed by atoms with Crippen LogP contribution >= 0.6 is 0 Å². The van der Waals surface area contributed by atoms with E-state index >= 15 is 0 Å². The average molecular weight is 297 g/mol. The van der Waals surface area contributed by atoms with Gasteiger partial charge in [-0.25, -0.2) is 4.79 Å². The first-order chi connectivity index (χ1) is 9.83. The molecule has 0 amide bonds. The minimum atomic E-state index is -4.76. The van der Waals surface area contributed by atoms with Gasteiger partial charge < -0.3 is 15.2 Å². The number of ether oxygens (including phenoxy) is 1. The molecule has 0 atom stereocenters. The molecule has 4 nitrogen and oxygen atoms in total. The van der Waals surface area contributed by atoms with Crippen LogP contribution in [0.3, 0.4) is 0 Å². The zero-order valence-corrected chi connectivity index (χ0v) is 10.5. The van der Waals surface area contributed by atoms with Crippen LogP contribution in [0.1, 0.15) is 10.4 Å². The number of hydrogen-bond donors (Lipinski definition) is 2. The highest BCUT2D eigenvalue weighted by atomic mass is 19.4. The Labute approximate surface area is 117 Å². The third-order valence-electron chi connectivity index (χ3n) is 2.47. The van der Waals surface area contributed by atoms with Crippen LogP contribution < -0.4 is 10.1 Å². The van der Waals surface area contributed by atoms with Gasteiger partial charge in [-0.1, -0.05) is 12.1 Å². The molecule has 2 N–H and O–H groups in total. The molecule has 0 aliphatic rings. The highest BCUT2D eigenvalue weighted by Gasteiger charge is 2.31. The minimum Gasteiger partial charge on any atom is -0.478 e. The van der Waals surface area contributed by atoms with Crippen molar-refractivity contribution in [1.29, 1.82) is 0 Å². The summed E-state index contributed by atoms with van der Waals surface area (Å²) in [5.74, 6) is -1.45. The predicted molar refractivity (Wildman–Crippen MR) is 69.8 cm³/mol. The van der Waals surface area contributed by atoms with Gasteiger partial charge in [0.1, 0.15) is 5.75 Å². The van der Waals surface area contributed by atoms with Gasteiger partial charge in [0, 0.05) is 17.4 Å². The number of carboxylic acid groups (broad SMARTS) is 1. The summed E-state index contributed by atoms with van der Waals surface area (Å²) in [6.45, 7) is 0. The quantitative estimate of drug-likeness (QED) is 0.894. The van der Waals surface area contributed by atoms with Gasteiger partial charge in [-0.3, -0.25) is 0 Å². The Hall–Kier alpha value is -2.70. The number of nitrogens with one attached hydrogen (secondary N) is 1. The maximum Gasteiger partial charge on any atom is 0.573 e. The number of hydrogen-bond acceptors (Lipinski definition) is 3. The molecule has 0 aliphatic carbocycles. The average Bonchev–Trinajstić information content (AvgIpc) is 2.37. The number of benzene rings is 2. The third-order valence-corrected chi connectivity index (χ3v) is 2.47. The van der Waals surface area contributed by atoms with Crippen molar-refractivity contribution in [3.05, 3.63) is 54.1 Å². The molecule has 0 unspecified atom stereocenters. The number of carboxylic acids is 1. The Morgan fingerprint density at radius 3 is 2.29 bits per heavy atom. The molecule has 0 spiro atoms. The van der Waals surface area contributed by atoms with Crippen molar-refractivity contribution in [2.24, 2.45) is 0 Å². The first-order valence-electron chi connectivity index (χ1n) is 5.80. The molecular weight excluding hydrogens is 287 g/mol. The van der Waals surface area contributed by atoms with Gasteiger partial charge in [-0.15, -0.1) is 13.2 Å². The van der Waals surface area contributed by atoms with Gasteiger partial charge in [0.05, 0.1) is 5.56 Å². The van der Waals surface area contributed by atoms with Gasteiger partial charge in [-0.05, 0) is 30.3 Å². The molecular formula is C14H10F3NO3. The van der Waals surface area contributed by atoms with Crippen LogP contribution in [0, 0.1) is 0 Å². The SMILES string of the molecule is O=C(O)c1cccc(Nc2cccc(OC(F)(F)F)c2)c1. The first kappa shape index (κ1) is 14.7. The van der Waals surface area contributed by atoms with Crippen LogP contribution in [0.25, 0.3) is 0 Å². The lowest BCUT2D eigenvalue weighted by Crippen LogP contribution is -2.17. The van der Waals surface area contributed by atoms with E-state index in [2.05, 4.69) is 10.1 Å². The monoisotopic (exact) mass is 297 g/mol. The lowest BCUT2D eigenvalue weighted by Gasteiger charge is -2.11. The second-order valence-electron chi connectivity index (χ2n) is 4.09. The lowest BCUT2D eigenvalue weighted by atomic mass is 10.2. The van der Waals surface area contributed by atoms with Crippen LogP contribution in [0.2, 0.25) is 0 Å². The topological polar surface area (TPSA) is 58.6 Å². The van der Waals surface area contributed by atoms with Crippen LogP contribution in [-0.2, 0) is 0 Å². The van der Waals surface area contributed by atoms with E-state index in [1.807, 2.05) is 0 Å². The Morgan fingerprint density at radius 1 is 1.05 bits per heavy atom. The smallest absolute Gasteiger partial charge is 0.478 e. The molecule has 21 heavy (non-hydrogen) atoms. The third kappa shape index (κ3) is 4.41. The Bertz CT molecular complexity index is 656. The molecule has 7 heteroatoms. The summed E-state index contributed by atoms with van der Waals surface area (Å²) in [4.78, 5) is 10.8. The van der Waals surface area contributed by atoms with E-state index in [4.69, 9.17) is 5.11 Å². The second-order valence-corrected chi connectivity index (χ2v) is 4.09. The molecule has 0 bridgehead atoms. The number of anilines is 2. The van der Waals surface area contributed by atoms with Gasteiger partial charge in [0.25, 0.3) is 0 Å². The molecule has 0 saturated heterocycles. The Morgan fingerprint density at radius 2 is 1.67 bits per heavy atom. The number of halogens is 3. The highest BCUT2D eigenvalue weighted by Crippen LogP contribution is 2.26. The predicted octanol–water partition coefficient (Wildman–Crippen LogP) is 4.03. The van der Waals surface area contributed by atoms with E-state index in [0.29, 0.717) is 11.4 Å². The summed E-state index contributed by atoms with van der Waals surface area (Å²) >= 11 is 0. The first-order valence-corrected chi connectivity index (χ1v) is 5.80. The summed E-state index contributed by atoms with van der Waals surface area (Å²) in [5.41, 5.74) is 0.862. The number of alkyl halides is 3. The van der Waals surface area contributed by atoms with Crippen LogP contribution in [0.15, 0.2) is 48.5 Å². The van der Waals surface area contributed by atoms with Crippen molar-refractivity contribution in [3.63, 3.8) is 0 Å². The lowest BCUT2D eigenvalue weighted by molar-refractivity contribution is -0.274. The van der Waals surface area contributed by atoms with Crippen molar-refractivity contribution in [3.8, 4) is 5.75 Å². The standard InChI is InChI=1S/C14H10F3NO3/c15-14(16,17)21-12-6-2-5-11(8-12)18-10-4-1-3-9(7-10)13(19)20/h1-8,18H,(H,19,20). The van der Waals surface area contributed by atoms with Crippen molar-refractivity contribution in [1.82, 2.24) is 0 Å². The van der Waals surface area contributed by atoms with Crippen molar-refractivity contribution in [2.75, 3.05) is 5.32 Å². The molecule has 0 aliphatic heterocycles. The Kier molecular flexibility index (Phi) is 4.02. The number of rotatable bonds is 4. The molecule has 110 valence electrons. The fourth-order valence-corrected chi connectivity index (χ4v) is 1.67. The van der Waals surface area contributed by atoms with Gasteiger partial charge in [0.2, 0.25) is 0 Å². The van der Waals surface area contributed by atoms with Gasteiger partial charge in [-0.2, -0.15) is 0 Å². The van der Waals surface area contributed by atoms with Crippen molar-refractivity contribution < 1.29 is 27.8 Å². The molecule has 2 rings (SSSR count). The van der Waals surface area contributed by atoms with E-state index in [-0.39, 0.29) is 11.3 Å². The summed E-state index contributed by atoms with van der Waals surface area (Å²) < 4.78 is 40.2. The molecule has 0 saturated carbocycles. The van der Waals surface area contributed by atoms with Crippen LogP contribution in [0.4, 0.5) is 24.5 Å². The molecule has 2 aromatic rings.